The zero-order valence-electron chi connectivity index (χ0n) is 15.3. The number of nitrogens with two attached hydrogens (primary N) is 2. The summed E-state index contributed by atoms with van der Waals surface area (Å²) in [5.41, 5.74) is 11.7. The van der Waals surface area contributed by atoms with E-state index in [1.54, 1.807) is 24.4 Å². The Hall–Kier alpha value is -4.48. The van der Waals surface area contributed by atoms with Crippen molar-refractivity contribution in [2.24, 2.45) is 11.5 Å². The molecule has 3 heterocycles. The number of pyridine rings is 1. The van der Waals surface area contributed by atoms with Gasteiger partial charge in [-0.05, 0) is 29.8 Å². The third-order valence-electron chi connectivity index (χ3n) is 4.10. The van der Waals surface area contributed by atoms with Crippen LogP contribution in [0.1, 0.15) is 26.5 Å². The molecule has 5 N–H and O–H groups in total. The average Bonchev–Trinajstić information content (AvgIpc) is 3.16. The fourth-order valence-corrected chi connectivity index (χ4v) is 2.75. The molecular weight excluding hydrogens is 393 g/mol. The van der Waals surface area contributed by atoms with Crippen LogP contribution in [-0.4, -0.2) is 41.4 Å². The molecule has 0 aliphatic rings. The van der Waals surface area contributed by atoms with Gasteiger partial charge in [0.25, 0.3) is 11.8 Å². The van der Waals surface area contributed by atoms with Gasteiger partial charge in [-0.3, -0.25) is 14.0 Å². The highest BCUT2D eigenvalue weighted by molar-refractivity contribution is 5.98. The van der Waals surface area contributed by atoms with Crippen molar-refractivity contribution in [2.75, 3.05) is 5.32 Å². The van der Waals surface area contributed by atoms with Gasteiger partial charge in [0, 0.05) is 12.7 Å². The summed E-state index contributed by atoms with van der Waals surface area (Å²) in [6.07, 6.45) is 1.59. The number of carbonyl (C=O) groups excluding carboxylic acids is 2. The first-order valence-electron chi connectivity index (χ1n) is 8.60. The lowest BCUT2D eigenvalue weighted by Crippen LogP contribution is -2.18. The van der Waals surface area contributed by atoms with E-state index in [1.807, 2.05) is 0 Å². The van der Waals surface area contributed by atoms with Crippen molar-refractivity contribution in [2.45, 2.75) is 6.54 Å². The predicted molar refractivity (Wildman–Crippen MR) is 103 cm³/mol. The Balaban J connectivity index is 1.75. The van der Waals surface area contributed by atoms with Crippen molar-refractivity contribution in [3.05, 3.63) is 65.4 Å². The maximum Gasteiger partial charge on any atom is 0.286 e. The van der Waals surface area contributed by atoms with Crippen molar-refractivity contribution < 1.29 is 14.0 Å². The number of primary amides is 2. The summed E-state index contributed by atoms with van der Waals surface area (Å²) in [4.78, 5) is 35.5. The first-order valence-corrected chi connectivity index (χ1v) is 8.60. The zero-order valence-corrected chi connectivity index (χ0v) is 15.3. The van der Waals surface area contributed by atoms with E-state index in [1.165, 1.54) is 22.6 Å². The normalized spacial score (nSPS) is 10.8. The number of fused-ring (bicyclic) bond motifs is 1. The van der Waals surface area contributed by atoms with E-state index in [4.69, 9.17) is 11.5 Å². The summed E-state index contributed by atoms with van der Waals surface area (Å²) < 4.78 is 14.8. The van der Waals surface area contributed by atoms with E-state index in [-0.39, 0.29) is 47.0 Å². The molecule has 4 rings (SSSR count). The number of anilines is 1. The van der Waals surface area contributed by atoms with Crippen LogP contribution in [0.25, 0.3) is 17.3 Å². The summed E-state index contributed by atoms with van der Waals surface area (Å²) in [6.45, 7) is 0.186. The SMILES string of the molecule is NC(=O)c1nc(NCc2cccc(F)c2)nc(-c2nnc3c(C(N)=O)cccn23)n1. The average molecular weight is 407 g/mol. The van der Waals surface area contributed by atoms with Gasteiger partial charge in [-0.2, -0.15) is 9.97 Å². The van der Waals surface area contributed by atoms with Crippen LogP contribution in [0.15, 0.2) is 42.6 Å². The van der Waals surface area contributed by atoms with E-state index < -0.39 is 11.8 Å². The maximum atomic E-state index is 13.4. The first kappa shape index (κ1) is 18.9. The summed E-state index contributed by atoms with van der Waals surface area (Å²) >= 11 is 0. The van der Waals surface area contributed by atoms with E-state index in [2.05, 4.69) is 30.5 Å². The van der Waals surface area contributed by atoms with Crippen LogP contribution in [0.2, 0.25) is 0 Å². The molecular formula is C18H14FN9O2. The predicted octanol–water partition coefficient (Wildman–Crippen LogP) is 0.530. The van der Waals surface area contributed by atoms with Gasteiger partial charge < -0.3 is 16.8 Å². The van der Waals surface area contributed by atoms with E-state index in [0.717, 1.165) is 0 Å². The smallest absolute Gasteiger partial charge is 0.286 e. The number of amides is 2. The van der Waals surface area contributed by atoms with Gasteiger partial charge in [0.1, 0.15) is 5.82 Å². The van der Waals surface area contributed by atoms with Gasteiger partial charge in [0.05, 0.1) is 5.56 Å². The summed E-state index contributed by atoms with van der Waals surface area (Å²) in [6, 6.07) is 9.04. The van der Waals surface area contributed by atoms with Crippen LogP contribution in [0.4, 0.5) is 10.3 Å². The van der Waals surface area contributed by atoms with Crippen LogP contribution in [-0.2, 0) is 6.54 Å². The van der Waals surface area contributed by atoms with E-state index in [0.29, 0.717) is 5.56 Å². The second kappa shape index (κ2) is 7.50. The molecule has 0 aliphatic carbocycles. The second-order valence-corrected chi connectivity index (χ2v) is 6.16. The number of nitrogens with zero attached hydrogens (tertiary/aromatic N) is 6. The quantitative estimate of drug-likeness (QED) is 0.416. The highest BCUT2D eigenvalue weighted by atomic mass is 19.1. The molecule has 0 radical (unpaired) electrons. The number of nitrogens with one attached hydrogen (secondary N) is 1. The first-order chi connectivity index (χ1) is 14.4. The zero-order chi connectivity index (χ0) is 21.3. The van der Waals surface area contributed by atoms with Gasteiger partial charge >= 0.3 is 0 Å². The number of carbonyl (C=O) groups is 2. The van der Waals surface area contributed by atoms with Gasteiger partial charge in [0.2, 0.25) is 23.4 Å². The van der Waals surface area contributed by atoms with Crippen LogP contribution in [0.5, 0.6) is 0 Å². The van der Waals surface area contributed by atoms with Gasteiger partial charge in [-0.15, -0.1) is 10.2 Å². The standard InChI is InChI=1S/C18H14FN9O2/c19-10-4-1-3-9(7-10)8-22-18-24-14(13(21)30)23-15(25-18)17-27-26-16-11(12(20)29)5-2-6-28(16)17/h1-7H,8H2,(H2,20,29)(H2,21,30)(H,22,23,24,25). The molecule has 150 valence electrons. The molecule has 11 nitrogen and oxygen atoms in total. The molecule has 0 bridgehead atoms. The largest absolute Gasteiger partial charge is 0.365 e. The van der Waals surface area contributed by atoms with Crippen LogP contribution in [0.3, 0.4) is 0 Å². The number of rotatable bonds is 6. The molecule has 0 unspecified atom stereocenters. The Kier molecular flexibility index (Phi) is 4.72. The number of benzene rings is 1. The Morgan fingerprint density at radius 2 is 1.87 bits per heavy atom. The van der Waals surface area contributed by atoms with E-state index >= 15 is 0 Å². The Morgan fingerprint density at radius 1 is 1.03 bits per heavy atom. The minimum atomic E-state index is -0.876. The molecule has 30 heavy (non-hydrogen) atoms. The summed E-state index contributed by atoms with van der Waals surface area (Å²) in [7, 11) is 0. The fourth-order valence-electron chi connectivity index (χ4n) is 2.75. The van der Waals surface area contributed by atoms with Crippen molar-refractivity contribution in [3.63, 3.8) is 0 Å². The van der Waals surface area contributed by atoms with Crippen molar-refractivity contribution >= 4 is 23.4 Å². The second-order valence-electron chi connectivity index (χ2n) is 6.16. The summed E-state index contributed by atoms with van der Waals surface area (Å²) in [5.74, 6) is -2.07. The molecule has 0 saturated carbocycles. The molecule has 0 aliphatic heterocycles. The van der Waals surface area contributed by atoms with Crippen molar-refractivity contribution in [1.29, 1.82) is 0 Å². The summed E-state index contributed by atoms with van der Waals surface area (Å²) in [5, 5.41) is 10.9. The van der Waals surface area contributed by atoms with Gasteiger partial charge in [-0.25, -0.2) is 9.37 Å². The number of aromatic nitrogens is 6. The maximum absolute atomic E-state index is 13.4. The highest BCUT2D eigenvalue weighted by Gasteiger charge is 2.19. The molecule has 2 amide bonds. The minimum absolute atomic E-state index is 0.00494. The van der Waals surface area contributed by atoms with E-state index in [9.17, 15) is 14.0 Å². The Labute approximate surface area is 168 Å². The Morgan fingerprint density at radius 3 is 2.60 bits per heavy atom. The highest BCUT2D eigenvalue weighted by Crippen LogP contribution is 2.18. The monoisotopic (exact) mass is 407 g/mol. The van der Waals surface area contributed by atoms with Crippen LogP contribution in [0, 0.1) is 5.82 Å². The fraction of sp³-hybridized carbons (Fsp3) is 0.0556. The molecule has 12 heteroatoms. The molecule has 0 fully saturated rings. The number of halogens is 1. The lowest BCUT2D eigenvalue weighted by molar-refractivity contribution is 0.0986. The molecule has 4 aromatic rings. The lowest BCUT2D eigenvalue weighted by atomic mass is 10.2. The molecule has 3 aromatic heterocycles. The number of hydrogen-bond acceptors (Lipinski definition) is 8. The van der Waals surface area contributed by atoms with Crippen LogP contribution < -0.4 is 16.8 Å². The third kappa shape index (κ3) is 3.61. The molecule has 1 aromatic carbocycles. The lowest BCUT2D eigenvalue weighted by Gasteiger charge is -2.08. The Bertz CT molecular complexity index is 1290. The molecule has 0 saturated heterocycles. The molecule has 0 spiro atoms. The molecule has 0 atom stereocenters. The van der Waals surface area contributed by atoms with Crippen LogP contribution >= 0.6 is 0 Å². The minimum Gasteiger partial charge on any atom is -0.365 e. The van der Waals surface area contributed by atoms with Gasteiger partial charge in [-0.1, -0.05) is 12.1 Å². The van der Waals surface area contributed by atoms with Gasteiger partial charge in [0.15, 0.2) is 5.65 Å². The number of hydrogen-bond donors (Lipinski definition) is 3. The van der Waals surface area contributed by atoms with Crippen molar-refractivity contribution in [3.8, 4) is 11.6 Å². The topological polar surface area (TPSA) is 167 Å². The third-order valence-corrected chi connectivity index (χ3v) is 4.10. The van der Waals surface area contributed by atoms with Crippen molar-refractivity contribution in [1.82, 2.24) is 29.5 Å².